The molecular formula is C18H30N2O3. The molecule has 1 saturated carbocycles. The Balaban J connectivity index is 2.80. The second-order valence-electron chi connectivity index (χ2n) is 6.12. The summed E-state index contributed by atoms with van der Waals surface area (Å²) in [6.45, 7) is 6.71. The van der Waals surface area contributed by atoms with E-state index in [1.165, 1.54) is 6.42 Å². The highest BCUT2D eigenvalue weighted by molar-refractivity contribution is 5.75. The average Bonchev–Trinajstić information content (AvgIpc) is 2.51. The van der Waals surface area contributed by atoms with E-state index in [1.54, 1.807) is 13.0 Å². The average molecular weight is 322 g/mol. The number of nitrogens with one attached hydrogen (secondary N) is 1. The van der Waals surface area contributed by atoms with Gasteiger partial charge in [-0.15, -0.1) is 0 Å². The van der Waals surface area contributed by atoms with Crippen LogP contribution >= 0.6 is 0 Å². The van der Waals surface area contributed by atoms with Crippen molar-refractivity contribution in [1.82, 2.24) is 5.32 Å². The number of carbonyl (C=O) groups is 1. The normalized spacial score (nSPS) is 19.0. The molecule has 0 saturated heterocycles. The van der Waals surface area contributed by atoms with Gasteiger partial charge in [0.05, 0.1) is 11.8 Å². The van der Waals surface area contributed by atoms with Gasteiger partial charge in [0.15, 0.2) is 6.29 Å². The molecule has 0 bridgehead atoms. The predicted molar refractivity (Wildman–Crippen MR) is 89.6 cm³/mol. The molecule has 1 aliphatic rings. The van der Waals surface area contributed by atoms with E-state index in [0.717, 1.165) is 37.8 Å². The molecule has 0 aromatic rings. The minimum absolute atomic E-state index is 0.186. The van der Waals surface area contributed by atoms with Crippen LogP contribution in [0.15, 0.2) is 11.8 Å². The van der Waals surface area contributed by atoms with Crippen molar-refractivity contribution in [3.05, 3.63) is 11.8 Å². The fourth-order valence-electron chi connectivity index (χ4n) is 3.13. The Morgan fingerprint density at radius 1 is 1.39 bits per heavy atom. The highest BCUT2D eigenvalue weighted by atomic mass is 16.7. The van der Waals surface area contributed by atoms with Crippen molar-refractivity contribution in [3.63, 3.8) is 0 Å². The molecule has 0 amide bonds. The summed E-state index contributed by atoms with van der Waals surface area (Å²) >= 11 is 0. The second kappa shape index (κ2) is 10.4. The summed E-state index contributed by atoms with van der Waals surface area (Å²) in [6, 6.07) is 2.13. The molecule has 23 heavy (non-hydrogen) atoms. The molecule has 0 heterocycles. The van der Waals surface area contributed by atoms with Crippen LogP contribution in [0.4, 0.5) is 0 Å². The van der Waals surface area contributed by atoms with Crippen molar-refractivity contribution in [2.75, 3.05) is 13.2 Å². The molecular weight excluding hydrogens is 292 g/mol. The number of hydrogen-bond acceptors (Lipinski definition) is 5. The molecule has 0 spiro atoms. The van der Waals surface area contributed by atoms with Gasteiger partial charge in [-0.05, 0) is 40.0 Å². The maximum absolute atomic E-state index is 11.1. The molecule has 5 nitrogen and oxygen atoms in total. The maximum atomic E-state index is 11.1. The molecule has 0 radical (unpaired) electrons. The Morgan fingerprint density at radius 2 is 2.09 bits per heavy atom. The number of nitriles is 1. The monoisotopic (exact) mass is 322 g/mol. The number of carbonyl (C=O) groups excluding carboxylic acids is 1. The van der Waals surface area contributed by atoms with Gasteiger partial charge in [0, 0.05) is 25.6 Å². The van der Waals surface area contributed by atoms with Gasteiger partial charge in [0.2, 0.25) is 0 Å². The fraction of sp³-hybridized carbons (Fsp3) is 0.778. The minimum atomic E-state index is -0.473. The number of allylic oxidation sites excluding steroid dienone is 1. The molecule has 0 aromatic heterocycles. The second-order valence-corrected chi connectivity index (χ2v) is 6.12. The summed E-state index contributed by atoms with van der Waals surface area (Å²) in [5.74, 6) is 0.186. The SMILES string of the molecule is CCOC(C)OC1(C(=CC#N)NCCCC(C)=O)CCCCC1. The molecule has 1 rings (SSSR count). The van der Waals surface area contributed by atoms with Crippen molar-refractivity contribution >= 4 is 5.78 Å². The van der Waals surface area contributed by atoms with E-state index >= 15 is 0 Å². The zero-order valence-corrected chi connectivity index (χ0v) is 14.7. The quantitative estimate of drug-likeness (QED) is 0.379. The molecule has 5 heteroatoms. The first-order valence-corrected chi connectivity index (χ1v) is 8.67. The zero-order chi connectivity index (χ0) is 17.1. The molecule has 0 aliphatic heterocycles. The fourth-order valence-corrected chi connectivity index (χ4v) is 3.13. The lowest BCUT2D eigenvalue weighted by Gasteiger charge is -2.41. The van der Waals surface area contributed by atoms with Gasteiger partial charge in [-0.25, -0.2) is 0 Å². The van der Waals surface area contributed by atoms with Gasteiger partial charge in [-0.1, -0.05) is 19.3 Å². The summed E-state index contributed by atoms with van der Waals surface area (Å²) in [5, 5.41) is 12.5. The summed E-state index contributed by atoms with van der Waals surface area (Å²) in [6.07, 6.45) is 7.68. The lowest BCUT2D eigenvalue weighted by molar-refractivity contribution is -0.197. The highest BCUT2D eigenvalue weighted by Crippen LogP contribution is 2.37. The summed E-state index contributed by atoms with van der Waals surface area (Å²) in [4.78, 5) is 11.1. The van der Waals surface area contributed by atoms with Gasteiger partial charge < -0.3 is 19.6 Å². The summed E-state index contributed by atoms with van der Waals surface area (Å²) in [5.41, 5.74) is 0.355. The van der Waals surface area contributed by atoms with E-state index in [4.69, 9.17) is 14.7 Å². The maximum Gasteiger partial charge on any atom is 0.156 e. The predicted octanol–water partition coefficient (Wildman–Crippen LogP) is 3.45. The zero-order valence-electron chi connectivity index (χ0n) is 14.7. The number of ether oxygens (including phenoxy) is 2. The van der Waals surface area contributed by atoms with Crippen LogP contribution in [0.25, 0.3) is 0 Å². The Bertz CT molecular complexity index is 434. The minimum Gasteiger partial charge on any atom is -0.385 e. The van der Waals surface area contributed by atoms with Crippen molar-refractivity contribution in [2.24, 2.45) is 0 Å². The topological polar surface area (TPSA) is 71.3 Å². The number of Topliss-reactive ketones (excluding diaryl/α,β-unsaturated/α-hetero) is 1. The van der Waals surface area contributed by atoms with Crippen LogP contribution in [-0.2, 0) is 14.3 Å². The van der Waals surface area contributed by atoms with E-state index in [1.807, 2.05) is 13.8 Å². The van der Waals surface area contributed by atoms with E-state index < -0.39 is 5.60 Å². The van der Waals surface area contributed by atoms with Gasteiger partial charge in [0.25, 0.3) is 0 Å². The Kier molecular flexibility index (Phi) is 8.90. The number of rotatable bonds is 10. The van der Waals surface area contributed by atoms with Crippen LogP contribution in [0.5, 0.6) is 0 Å². The van der Waals surface area contributed by atoms with Crippen LogP contribution in [-0.4, -0.2) is 30.8 Å². The van der Waals surface area contributed by atoms with Gasteiger partial charge >= 0.3 is 0 Å². The van der Waals surface area contributed by atoms with Crippen molar-refractivity contribution in [3.8, 4) is 6.07 Å². The van der Waals surface area contributed by atoms with Crippen molar-refractivity contribution in [1.29, 1.82) is 5.26 Å². The lowest BCUT2D eigenvalue weighted by atomic mass is 9.81. The molecule has 1 atom stereocenters. The smallest absolute Gasteiger partial charge is 0.156 e. The summed E-state index contributed by atoms with van der Waals surface area (Å²) < 4.78 is 11.8. The van der Waals surface area contributed by atoms with E-state index in [-0.39, 0.29) is 12.1 Å². The Hall–Kier alpha value is -1.38. The molecule has 1 N–H and O–H groups in total. The highest BCUT2D eigenvalue weighted by Gasteiger charge is 2.38. The van der Waals surface area contributed by atoms with E-state index in [0.29, 0.717) is 19.6 Å². The van der Waals surface area contributed by atoms with E-state index in [2.05, 4.69) is 11.4 Å². The third-order valence-electron chi connectivity index (χ3n) is 4.17. The van der Waals surface area contributed by atoms with Gasteiger partial charge in [-0.3, -0.25) is 0 Å². The number of nitrogens with zero attached hydrogens (tertiary/aromatic N) is 1. The summed E-state index contributed by atoms with van der Waals surface area (Å²) in [7, 11) is 0. The molecule has 130 valence electrons. The third kappa shape index (κ3) is 6.72. The first-order valence-electron chi connectivity index (χ1n) is 8.67. The van der Waals surface area contributed by atoms with Crippen molar-refractivity contribution < 1.29 is 14.3 Å². The van der Waals surface area contributed by atoms with Crippen LogP contribution in [0.1, 0.15) is 65.7 Å². The largest absolute Gasteiger partial charge is 0.385 e. The standard InChI is InChI=1S/C18H30N2O3/c1-4-22-16(3)23-18(11-6-5-7-12-18)17(10-13-19)20-14-8-9-15(2)21/h10,16,20H,4-9,11-12,14H2,1-3H3. The number of ketones is 1. The van der Waals surface area contributed by atoms with Crippen LogP contribution in [0.3, 0.4) is 0 Å². The number of hydrogen-bond donors (Lipinski definition) is 1. The van der Waals surface area contributed by atoms with E-state index in [9.17, 15) is 4.79 Å². The third-order valence-corrected chi connectivity index (χ3v) is 4.17. The lowest BCUT2D eigenvalue weighted by Crippen LogP contribution is -2.45. The first kappa shape index (κ1) is 19.7. The molecule has 1 unspecified atom stereocenters. The Labute approximate surface area is 140 Å². The van der Waals surface area contributed by atoms with Crippen LogP contribution in [0.2, 0.25) is 0 Å². The first-order chi connectivity index (χ1) is 11.0. The Morgan fingerprint density at radius 3 is 2.65 bits per heavy atom. The molecule has 0 aromatic carbocycles. The van der Waals surface area contributed by atoms with Gasteiger partial charge in [0.1, 0.15) is 11.4 Å². The van der Waals surface area contributed by atoms with Crippen LogP contribution < -0.4 is 5.32 Å². The van der Waals surface area contributed by atoms with Crippen molar-refractivity contribution in [2.45, 2.75) is 77.6 Å². The van der Waals surface area contributed by atoms with Gasteiger partial charge in [-0.2, -0.15) is 5.26 Å². The molecule has 1 aliphatic carbocycles. The molecule has 1 fully saturated rings. The van der Waals surface area contributed by atoms with Crippen LogP contribution in [0, 0.1) is 11.3 Å².